The summed E-state index contributed by atoms with van der Waals surface area (Å²) >= 11 is 12.1. The average Bonchev–Trinajstić information content (AvgIpc) is 3.40. The summed E-state index contributed by atoms with van der Waals surface area (Å²) in [6, 6.07) is 15.7. The van der Waals surface area contributed by atoms with Crippen LogP contribution in [-0.4, -0.2) is 31.2 Å². The zero-order chi connectivity index (χ0) is 22.9. The van der Waals surface area contributed by atoms with Crippen LogP contribution in [-0.2, 0) is 26.0 Å². The number of nitrogens with two attached hydrogens (primary N) is 1. The third-order valence-corrected chi connectivity index (χ3v) is 9.14. The van der Waals surface area contributed by atoms with E-state index in [0.717, 1.165) is 5.56 Å². The molecule has 0 heterocycles. The van der Waals surface area contributed by atoms with Crippen molar-refractivity contribution in [1.82, 2.24) is 0 Å². The lowest BCUT2D eigenvalue weighted by Crippen LogP contribution is -2.96. The molecule has 32 heavy (non-hydrogen) atoms. The molecule has 4 rings (SSSR count). The van der Waals surface area contributed by atoms with E-state index in [1.165, 1.54) is 17.4 Å². The third-order valence-electron chi connectivity index (χ3n) is 6.22. The highest BCUT2D eigenvalue weighted by atomic mass is 35.5. The maximum absolute atomic E-state index is 13.3. The molecule has 2 saturated carbocycles. The van der Waals surface area contributed by atoms with Crippen molar-refractivity contribution in [2.45, 2.75) is 54.1 Å². The number of benzene rings is 2. The number of ether oxygens (including phenoxy) is 1. The number of amides is 1. The molecule has 2 N–H and O–H groups in total. The molecule has 0 aliphatic heterocycles. The molecule has 0 bridgehead atoms. The summed E-state index contributed by atoms with van der Waals surface area (Å²) in [6.45, 7) is 0.230. The van der Waals surface area contributed by atoms with Gasteiger partial charge in [-0.25, -0.2) is 13.2 Å². The average molecular weight is 494 g/mol. The van der Waals surface area contributed by atoms with Gasteiger partial charge in [-0.2, -0.15) is 5.26 Å². The van der Waals surface area contributed by atoms with Crippen LogP contribution in [0.25, 0.3) is 0 Å². The van der Waals surface area contributed by atoms with Crippen molar-refractivity contribution in [2.75, 3.05) is 0 Å². The highest BCUT2D eigenvalue weighted by Crippen LogP contribution is 2.38. The van der Waals surface area contributed by atoms with Crippen molar-refractivity contribution in [2.24, 2.45) is 5.92 Å². The number of sulfone groups is 1. The van der Waals surface area contributed by atoms with Gasteiger partial charge in [0.25, 0.3) is 0 Å². The lowest BCUT2D eigenvalue weighted by molar-refractivity contribution is -0.609. The molecular weight excluding hydrogens is 471 g/mol. The molecular formula is C23H23Cl2N2O4S+. The van der Waals surface area contributed by atoms with E-state index in [4.69, 9.17) is 27.9 Å². The van der Waals surface area contributed by atoms with E-state index in [0.29, 0.717) is 17.9 Å². The Bertz CT molecular complexity index is 1160. The minimum atomic E-state index is -3.75. The SMILES string of the molecule is N#CC1([NH2+]C(=O)C2CC(S(=O)(=O)c3ccccc3Cl)CC2OCc2ccc(Cl)cc2)CC1. The highest BCUT2D eigenvalue weighted by molar-refractivity contribution is 7.92. The smallest absolute Gasteiger partial charge is 0.317 e. The Labute approximate surface area is 197 Å². The van der Waals surface area contributed by atoms with E-state index in [9.17, 15) is 18.5 Å². The number of rotatable bonds is 7. The van der Waals surface area contributed by atoms with Gasteiger partial charge in [0.2, 0.25) is 0 Å². The summed E-state index contributed by atoms with van der Waals surface area (Å²) in [5.41, 5.74) is 0.162. The van der Waals surface area contributed by atoms with Gasteiger partial charge in [-0.3, -0.25) is 5.32 Å². The molecule has 3 unspecified atom stereocenters. The Morgan fingerprint density at radius 2 is 1.81 bits per heavy atom. The first-order chi connectivity index (χ1) is 15.2. The fourth-order valence-electron chi connectivity index (χ4n) is 4.13. The van der Waals surface area contributed by atoms with Crippen LogP contribution >= 0.6 is 23.2 Å². The molecule has 2 aromatic carbocycles. The van der Waals surface area contributed by atoms with Crippen molar-refractivity contribution < 1.29 is 23.3 Å². The number of carbonyl (C=O) groups excluding carboxylic acids is 1. The van der Waals surface area contributed by atoms with Crippen molar-refractivity contribution >= 4 is 38.9 Å². The maximum Gasteiger partial charge on any atom is 0.317 e. The van der Waals surface area contributed by atoms with Crippen LogP contribution in [0.2, 0.25) is 10.0 Å². The normalized spacial score (nSPS) is 24.1. The van der Waals surface area contributed by atoms with Gasteiger partial charge in [0, 0.05) is 17.9 Å². The predicted molar refractivity (Wildman–Crippen MR) is 120 cm³/mol. The van der Waals surface area contributed by atoms with Gasteiger partial charge in [-0.1, -0.05) is 47.5 Å². The highest BCUT2D eigenvalue weighted by Gasteiger charge is 2.54. The molecule has 9 heteroatoms. The minimum absolute atomic E-state index is 0.0656. The monoisotopic (exact) mass is 493 g/mol. The number of carbonyl (C=O) groups is 1. The first-order valence-corrected chi connectivity index (χ1v) is 12.7. The zero-order valence-corrected chi connectivity index (χ0v) is 19.5. The standard InChI is InChI=1S/C23H22Cl2N2O4S/c24-16-7-5-15(6-8-16)13-31-20-12-17(32(29,30)21-4-2-1-3-19(21)25)11-18(20)22(28)27-23(14-26)9-10-23/h1-8,17-18,20H,9-13H2,(H,27,28)/p+1. The largest absolute Gasteiger partial charge is 0.372 e. The molecule has 0 saturated heterocycles. The molecule has 2 aliphatic carbocycles. The van der Waals surface area contributed by atoms with E-state index >= 15 is 0 Å². The maximum atomic E-state index is 13.3. The number of halogens is 2. The summed E-state index contributed by atoms with van der Waals surface area (Å²) in [6.07, 6.45) is 1.05. The number of hydrogen-bond donors (Lipinski definition) is 1. The quantitative estimate of drug-likeness (QED) is 0.637. The fraction of sp³-hybridized carbons (Fsp3) is 0.391. The van der Waals surface area contributed by atoms with Crippen LogP contribution in [0.1, 0.15) is 31.2 Å². The molecule has 0 spiro atoms. The van der Waals surface area contributed by atoms with Gasteiger partial charge < -0.3 is 4.74 Å². The van der Waals surface area contributed by atoms with Gasteiger partial charge in [-0.15, -0.1) is 0 Å². The molecule has 2 aromatic rings. The van der Waals surface area contributed by atoms with Crippen LogP contribution in [0, 0.1) is 17.2 Å². The van der Waals surface area contributed by atoms with Gasteiger partial charge in [0.1, 0.15) is 12.0 Å². The first-order valence-electron chi connectivity index (χ1n) is 10.4. The summed E-state index contributed by atoms with van der Waals surface area (Å²) in [7, 11) is -3.75. The molecule has 3 atom stereocenters. The van der Waals surface area contributed by atoms with Gasteiger partial charge in [-0.05, 0) is 42.7 Å². The summed E-state index contributed by atoms with van der Waals surface area (Å²) in [5.74, 6) is -0.850. The second-order valence-corrected chi connectivity index (χ2v) is 11.5. The van der Waals surface area contributed by atoms with E-state index < -0.39 is 32.6 Å². The van der Waals surface area contributed by atoms with E-state index in [2.05, 4.69) is 6.07 Å². The Balaban J connectivity index is 1.55. The third kappa shape index (κ3) is 4.85. The summed E-state index contributed by atoms with van der Waals surface area (Å²) in [4.78, 5) is 13.1. The molecule has 168 valence electrons. The van der Waals surface area contributed by atoms with Crippen molar-refractivity contribution in [3.8, 4) is 6.07 Å². The van der Waals surface area contributed by atoms with Crippen LogP contribution in [0.5, 0.6) is 0 Å². The van der Waals surface area contributed by atoms with Gasteiger partial charge in [0.05, 0.1) is 27.9 Å². The number of quaternary nitrogens is 1. The van der Waals surface area contributed by atoms with Crippen LogP contribution in [0.15, 0.2) is 53.4 Å². The van der Waals surface area contributed by atoms with E-state index in [1.807, 2.05) is 12.1 Å². The van der Waals surface area contributed by atoms with Gasteiger partial charge in [0.15, 0.2) is 15.4 Å². The zero-order valence-electron chi connectivity index (χ0n) is 17.2. The molecule has 1 amide bonds. The number of nitriles is 1. The van der Waals surface area contributed by atoms with Crippen LogP contribution in [0.3, 0.4) is 0 Å². The number of hydrogen-bond acceptors (Lipinski definition) is 5. The van der Waals surface area contributed by atoms with Gasteiger partial charge >= 0.3 is 5.91 Å². The van der Waals surface area contributed by atoms with Crippen molar-refractivity contribution in [3.63, 3.8) is 0 Å². The fourth-order valence-corrected chi connectivity index (χ4v) is 6.59. The van der Waals surface area contributed by atoms with Crippen LogP contribution < -0.4 is 5.32 Å². The number of primary amides is 1. The molecule has 2 aliphatic rings. The lowest BCUT2D eigenvalue weighted by Gasteiger charge is -2.18. The van der Waals surface area contributed by atoms with Crippen molar-refractivity contribution in [1.29, 1.82) is 5.26 Å². The number of nitrogens with zero attached hydrogens (tertiary/aromatic N) is 1. The Kier molecular flexibility index (Phi) is 6.62. The second kappa shape index (κ2) is 9.12. The lowest BCUT2D eigenvalue weighted by atomic mass is 10.0. The molecule has 0 aromatic heterocycles. The summed E-state index contributed by atoms with van der Waals surface area (Å²) in [5, 5.41) is 10.8. The Morgan fingerprint density at radius 3 is 2.44 bits per heavy atom. The topological polar surface area (TPSA) is 101 Å². The molecule has 2 fully saturated rings. The Morgan fingerprint density at radius 1 is 1.12 bits per heavy atom. The molecule has 0 radical (unpaired) electrons. The van der Waals surface area contributed by atoms with Crippen molar-refractivity contribution in [3.05, 3.63) is 64.1 Å². The van der Waals surface area contributed by atoms with E-state index in [-0.39, 0.29) is 35.3 Å². The minimum Gasteiger partial charge on any atom is -0.372 e. The Hall–Kier alpha value is -1.95. The second-order valence-electron chi connectivity index (χ2n) is 8.47. The summed E-state index contributed by atoms with van der Waals surface area (Å²) < 4.78 is 32.7. The van der Waals surface area contributed by atoms with Crippen LogP contribution in [0.4, 0.5) is 0 Å². The molecule has 6 nitrogen and oxygen atoms in total. The first kappa shape index (κ1) is 23.2. The van der Waals surface area contributed by atoms with E-state index in [1.54, 1.807) is 24.3 Å². The predicted octanol–water partition coefficient (Wildman–Crippen LogP) is 3.28.